The number of fused-ring (bicyclic) bond motifs is 1. The van der Waals surface area contributed by atoms with Crippen LogP contribution < -0.4 is 10.6 Å². The molecule has 1 aliphatic carbocycles. The van der Waals surface area contributed by atoms with Gasteiger partial charge in [0.05, 0.1) is 13.1 Å². The Labute approximate surface area is 144 Å². The van der Waals surface area contributed by atoms with Gasteiger partial charge in [-0.2, -0.15) is 0 Å². The number of imide groups is 1. The largest absolute Gasteiger partial charge is 0.361 e. The summed E-state index contributed by atoms with van der Waals surface area (Å²) in [5.74, 6) is 0.649. The molecule has 5 amide bonds. The topological polar surface area (TPSA) is 108 Å². The second-order valence-electron chi connectivity index (χ2n) is 6.94. The van der Waals surface area contributed by atoms with Crippen molar-refractivity contribution >= 4 is 18.0 Å². The molecule has 3 heterocycles. The number of hydrogen-bond acceptors (Lipinski definition) is 5. The highest BCUT2D eigenvalue weighted by atomic mass is 16.5. The van der Waals surface area contributed by atoms with Gasteiger partial charge in [0, 0.05) is 25.6 Å². The van der Waals surface area contributed by atoms with E-state index in [1.54, 1.807) is 4.90 Å². The number of nitrogens with zero attached hydrogens (tertiary/aromatic N) is 3. The Morgan fingerprint density at radius 3 is 2.92 bits per heavy atom. The first-order valence-corrected chi connectivity index (χ1v) is 8.59. The van der Waals surface area contributed by atoms with E-state index in [0.29, 0.717) is 19.5 Å². The molecule has 2 aliphatic heterocycles. The van der Waals surface area contributed by atoms with Crippen LogP contribution in [-0.4, -0.2) is 58.6 Å². The molecule has 2 N–H and O–H groups in total. The highest BCUT2D eigenvalue weighted by molar-refractivity contribution is 6.07. The third kappa shape index (κ3) is 2.54. The Morgan fingerprint density at radius 2 is 2.16 bits per heavy atom. The number of carbonyl (C=O) groups excluding carboxylic acids is 3. The molecule has 1 spiro atoms. The van der Waals surface area contributed by atoms with E-state index in [1.165, 1.54) is 7.05 Å². The molecule has 0 bridgehead atoms. The first-order chi connectivity index (χ1) is 12.0. The number of amides is 5. The van der Waals surface area contributed by atoms with Crippen molar-refractivity contribution in [1.82, 2.24) is 25.6 Å². The summed E-state index contributed by atoms with van der Waals surface area (Å²) in [6.45, 7) is 0.911. The Morgan fingerprint density at radius 1 is 1.36 bits per heavy atom. The summed E-state index contributed by atoms with van der Waals surface area (Å²) in [6, 6.07) is -0.678. The van der Waals surface area contributed by atoms with Crippen molar-refractivity contribution in [3.05, 3.63) is 17.0 Å². The second-order valence-corrected chi connectivity index (χ2v) is 6.94. The first-order valence-electron chi connectivity index (χ1n) is 8.59. The zero-order valence-electron chi connectivity index (χ0n) is 14.1. The maximum Gasteiger partial charge on any atom is 0.324 e. The summed E-state index contributed by atoms with van der Waals surface area (Å²) >= 11 is 0. The van der Waals surface area contributed by atoms with Crippen LogP contribution in [0, 0.1) is 0 Å². The molecule has 9 nitrogen and oxygen atoms in total. The lowest BCUT2D eigenvalue weighted by Crippen LogP contribution is -2.50. The predicted molar refractivity (Wildman–Crippen MR) is 85.6 cm³/mol. The van der Waals surface area contributed by atoms with E-state index in [9.17, 15) is 14.4 Å². The normalized spacial score (nSPS) is 25.5. The molecule has 134 valence electrons. The lowest BCUT2D eigenvalue weighted by atomic mass is 9.96. The van der Waals surface area contributed by atoms with Gasteiger partial charge in [0.15, 0.2) is 0 Å². The minimum absolute atomic E-state index is 0.185. The summed E-state index contributed by atoms with van der Waals surface area (Å²) < 4.78 is 5.35. The van der Waals surface area contributed by atoms with Crippen LogP contribution in [0.3, 0.4) is 0 Å². The summed E-state index contributed by atoms with van der Waals surface area (Å²) in [5, 5.41) is 9.63. The van der Waals surface area contributed by atoms with Crippen molar-refractivity contribution in [2.75, 3.05) is 20.1 Å². The molecular formula is C16H21N5O4. The number of urea groups is 2. The van der Waals surface area contributed by atoms with Crippen LogP contribution >= 0.6 is 0 Å². The van der Waals surface area contributed by atoms with Crippen LogP contribution in [0.25, 0.3) is 0 Å². The zero-order chi connectivity index (χ0) is 17.6. The molecule has 25 heavy (non-hydrogen) atoms. The second kappa shape index (κ2) is 5.75. The van der Waals surface area contributed by atoms with Crippen molar-refractivity contribution in [1.29, 1.82) is 0 Å². The van der Waals surface area contributed by atoms with Gasteiger partial charge < -0.3 is 20.1 Å². The fourth-order valence-corrected chi connectivity index (χ4v) is 3.87. The maximum absolute atomic E-state index is 12.4. The molecule has 1 aromatic rings. The van der Waals surface area contributed by atoms with E-state index in [2.05, 4.69) is 15.8 Å². The highest BCUT2D eigenvalue weighted by Gasteiger charge is 2.54. The Hall–Kier alpha value is -2.58. The molecule has 2 fully saturated rings. The van der Waals surface area contributed by atoms with E-state index in [1.807, 2.05) is 0 Å². The van der Waals surface area contributed by atoms with Gasteiger partial charge >= 0.3 is 12.1 Å². The third-order valence-electron chi connectivity index (χ3n) is 5.36. The van der Waals surface area contributed by atoms with Crippen molar-refractivity contribution in [3.8, 4) is 0 Å². The monoisotopic (exact) mass is 347 g/mol. The number of hydrogen-bond donors (Lipinski definition) is 2. The van der Waals surface area contributed by atoms with Crippen molar-refractivity contribution in [2.45, 2.75) is 44.2 Å². The molecule has 0 radical (unpaired) electrons. The van der Waals surface area contributed by atoms with E-state index >= 15 is 0 Å². The van der Waals surface area contributed by atoms with E-state index in [0.717, 1.165) is 47.6 Å². The smallest absolute Gasteiger partial charge is 0.324 e. The van der Waals surface area contributed by atoms with Crippen LogP contribution in [0.15, 0.2) is 4.52 Å². The molecular weight excluding hydrogens is 326 g/mol. The molecule has 1 aromatic heterocycles. The lowest BCUT2D eigenvalue weighted by Gasteiger charge is -2.21. The van der Waals surface area contributed by atoms with Crippen LogP contribution in [-0.2, 0) is 24.2 Å². The van der Waals surface area contributed by atoms with Gasteiger partial charge in [0.1, 0.15) is 17.0 Å². The summed E-state index contributed by atoms with van der Waals surface area (Å²) in [4.78, 5) is 39.0. The Kier molecular flexibility index (Phi) is 3.66. The maximum atomic E-state index is 12.4. The Bertz CT molecular complexity index is 745. The van der Waals surface area contributed by atoms with Gasteiger partial charge in [0.2, 0.25) is 0 Å². The first kappa shape index (κ1) is 15.9. The van der Waals surface area contributed by atoms with Crippen LogP contribution in [0.4, 0.5) is 9.59 Å². The fraction of sp³-hybridized carbons (Fsp3) is 0.625. The number of carbonyl (C=O) groups is 3. The summed E-state index contributed by atoms with van der Waals surface area (Å²) in [5.41, 5.74) is 0.919. The zero-order valence-corrected chi connectivity index (χ0v) is 14.1. The van der Waals surface area contributed by atoms with Gasteiger partial charge in [-0.1, -0.05) is 5.16 Å². The number of aromatic nitrogens is 1. The molecule has 0 saturated carbocycles. The number of rotatable bonds is 2. The summed E-state index contributed by atoms with van der Waals surface area (Å²) in [6.07, 6.45) is 4.48. The summed E-state index contributed by atoms with van der Waals surface area (Å²) in [7, 11) is 1.45. The highest BCUT2D eigenvalue weighted by Crippen LogP contribution is 2.28. The van der Waals surface area contributed by atoms with Crippen molar-refractivity contribution in [2.24, 2.45) is 0 Å². The molecule has 9 heteroatoms. The van der Waals surface area contributed by atoms with Crippen molar-refractivity contribution < 1.29 is 18.9 Å². The molecule has 1 atom stereocenters. The molecule has 1 unspecified atom stereocenters. The third-order valence-corrected chi connectivity index (χ3v) is 5.36. The average molecular weight is 347 g/mol. The van der Waals surface area contributed by atoms with Crippen LogP contribution in [0.5, 0.6) is 0 Å². The van der Waals surface area contributed by atoms with Gasteiger partial charge in [-0.3, -0.25) is 9.69 Å². The van der Waals surface area contributed by atoms with Gasteiger partial charge in [-0.15, -0.1) is 0 Å². The number of likely N-dealkylation sites (N-methyl/N-ethyl adjacent to an activating group) is 1. The standard InChI is InChI=1S/C16H21N5O4/c1-20-13(22)16(18-15(20)24)6-7-21(9-16)14(23)17-8-11-10-4-2-3-5-12(10)25-19-11/h2-9H2,1H3,(H,17,23)(H,18,24). The number of nitrogens with one attached hydrogen (secondary N) is 2. The van der Waals surface area contributed by atoms with Crippen molar-refractivity contribution in [3.63, 3.8) is 0 Å². The minimum atomic E-state index is -0.976. The molecule has 3 aliphatic rings. The predicted octanol–water partition coefficient (Wildman–Crippen LogP) is 0.389. The van der Waals surface area contributed by atoms with E-state index < -0.39 is 11.6 Å². The van der Waals surface area contributed by atoms with Gasteiger partial charge in [0.25, 0.3) is 5.91 Å². The molecule has 2 saturated heterocycles. The molecule has 0 aromatic carbocycles. The molecule has 4 rings (SSSR count). The number of aryl methyl sites for hydroxylation is 1. The van der Waals surface area contributed by atoms with E-state index in [-0.39, 0.29) is 18.5 Å². The van der Waals surface area contributed by atoms with E-state index in [4.69, 9.17) is 4.52 Å². The SMILES string of the molecule is CN1C(=O)NC2(CCN(C(=O)NCc3noc4c3CCCC4)C2)C1=O. The minimum Gasteiger partial charge on any atom is -0.361 e. The van der Waals surface area contributed by atoms with Gasteiger partial charge in [-0.25, -0.2) is 9.59 Å². The van der Waals surface area contributed by atoms with Gasteiger partial charge in [-0.05, 0) is 25.7 Å². The average Bonchev–Trinajstić information content (AvgIpc) is 3.28. The fourth-order valence-electron chi connectivity index (χ4n) is 3.87. The quantitative estimate of drug-likeness (QED) is 0.753. The van der Waals surface area contributed by atoms with Crippen LogP contribution in [0.2, 0.25) is 0 Å². The van der Waals surface area contributed by atoms with Crippen LogP contribution in [0.1, 0.15) is 36.3 Å². The number of likely N-dealkylation sites (tertiary alicyclic amines) is 1. The Balaban J connectivity index is 1.37. The lowest BCUT2D eigenvalue weighted by molar-refractivity contribution is -0.129.